The lowest BCUT2D eigenvalue weighted by molar-refractivity contribution is 0.0276. The molecule has 1 aliphatic carbocycles. The summed E-state index contributed by atoms with van der Waals surface area (Å²) in [6.07, 6.45) is 6.09. The van der Waals surface area contributed by atoms with Gasteiger partial charge in [0, 0.05) is 4.99 Å². The van der Waals surface area contributed by atoms with Crippen molar-refractivity contribution in [2.75, 3.05) is 0 Å². The zero-order chi connectivity index (χ0) is 10.6. The molecule has 0 aromatic carbocycles. The normalized spacial score (nSPS) is 33.9. The quantitative estimate of drug-likeness (QED) is 0.687. The fourth-order valence-electron chi connectivity index (χ4n) is 2.24. The van der Waals surface area contributed by atoms with Gasteiger partial charge in [0.1, 0.15) is 6.10 Å². The summed E-state index contributed by atoms with van der Waals surface area (Å²) in [6, 6.07) is 0. The second-order valence-corrected chi connectivity index (χ2v) is 5.26. The van der Waals surface area contributed by atoms with Gasteiger partial charge >= 0.3 is 0 Å². The van der Waals surface area contributed by atoms with Crippen LogP contribution in [0.5, 0.6) is 0 Å². The Kier molecular flexibility index (Phi) is 5.00. The summed E-state index contributed by atoms with van der Waals surface area (Å²) < 4.78 is 5.70. The van der Waals surface area contributed by atoms with Gasteiger partial charge in [-0.05, 0) is 37.0 Å². The van der Waals surface area contributed by atoms with Gasteiger partial charge in [-0.25, -0.2) is 0 Å². The molecule has 0 aliphatic heterocycles. The Hall–Kier alpha value is 0.0200. The van der Waals surface area contributed by atoms with Crippen LogP contribution in [-0.2, 0) is 4.74 Å². The van der Waals surface area contributed by atoms with Crippen molar-refractivity contribution in [3.8, 4) is 0 Å². The Labute approximate surface area is 96.0 Å². The van der Waals surface area contributed by atoms with Gasteiger partial charge in [-0.1, -0.05) is 36.7 Å². The Balaban J connectivity index is 2.46. The molecule has 0 saturated heterocycles. The topological polar surface area (TPSA) is 9.23 Å². The van der Waals surface area contributed by atoms with E-state index in [0.717, 1.165) is 11.8 Å². The Morgan fingerprint density at radius 2 is 2.07 bits per heavy atom. The van der Waals surface area contributed by atoms with Gasteiger partial charge in [-0.3, -0.25) is 0 Å². The van der Waals surface area contributed by atoms with Crippen LogP contribution in [0.4, 0.5) is 0 Å². The minimum absolute atomic E-state index is 0.421. The molecule has 0 bridgehead atoms. The van der Waals surface area contributed by atoms with Gasteiger partial charge < -0.3 is 4.74 Å². The molecule has 82 valence electrons. The molecule has 0 aromatic rings. The SMILES string of the molecule is CC(C)[C@@H]1CC[C@@H](C)[C@@H](O/C=C\Br)C1. The van der Waals surface area contributed by atoms with Crippen molar-refractivity contribution >= 4 is 15.9 Å². The summed E-state index contributed by atoms with van der Waals surface area (Å²) in [6.45, 7) is 6.93. The number of rotatable bonds is 3. The van der Waals surface area contributed by atoms with Crippen LogP contribution in [0.25, 0.3) is 0 Å². The highest BCUT2D eigenvalue weighted by Gasteiger charge is 2.29. The van der Waals surface area contributed by atoms with E-state index in [2.05, 4.69) is 36.7 Å². The highest BCUT2D eigenvalue weighted by Crippen LogP contribution is 2.34. The van der Waals surface area contributed by atoms with E-state index in [4.69, 9.17) is 4.74 Å². The molecule has 1 nitrogen and oxygen atoms in total. The van der Waals surface area contributed by atoms with E-state index < -0.39 is 0 Å². The first-order valence-electron chi connectivity index (χ1n) is 5.55. The van der Waals surface area contributed by atoms with E-state index in [-0.39, 0.29) is 0 Å². The summed E-state index contributed by atoms with van der Waals surface area (Å²) in [5.74, 6) is 2.34. The maximum absolute atomic E-state index is 5.70. The minimum Gasteiger partial charge on any atom is -0.497 e. The van der Waals surface area contributed by atoms with Gasteiger partial charge in [-0.15, -0.1) is 0 Å². The zero-order valence-electron chi connectivity index (χ0n) is 9.37. The second kappa shape index (κ2) is 5.79. The Bertz CT molecular complexity index is 189. The first-order chi connectivity index (χ1) is 6.65. The maximum Gasteiger partial charge on any atom is 0.101 e. The maximum atomic E-state index is 5.70. The van der Waals surface area contributed by atoms with Crippen molar-refractivity contribution in [1.29, 1.82) is 0 Å². The van der Waals surface area contributed by atoms with Gasteiger partial charge in [0.2, 0.25) is 0 Å². The molecule has 1 fully saturated rings. The standard InChI is InChI=1S/C12H21BrO/c1-9(2)11-5-4-10(3)12(8-11)14-7-6-13/h6-7,9-12H,4-5,8H2,1-3H3/b7-6-/t10-,11-,12+/m1/s1. The molecule has 0 radical (unpaired) electrons. The van der Waals surface area contributed by atoms with Crippen LogP contribution in [0.1, 0.15) is 40.0 Å². The number of hydrogen-bond acceptors (Lipinski definition) is 1. The summed E-state index contributed by atoms with van der Waals surface area (Å²) in [5, 5.41) is 0. The lowest BCUT2D eigenvalue weighted by atomic mass is 9.76. The first kappa shape index (κ1) is 12.1. The molecule has 0 heterocycles. The lowest BCUT2D eigenvalue weighted by Crippen LogP contribution is -2.31. The third-order valence-electron chi connectivity index (χ3n) is 3.41. The molecule has 2 heteroatoms. The first-order valence-corrected chi connectivity index (χ1v) is 6.47. The largest absolute Gasteiger partial charge is 0.497 e. The van der Waals surface area contributed by atoms with E-state index in [1.807, 2.05) is 0 Å². The molecular formula is C12H21BrO. The molecule has 0 spiro atoms. The summed E-state index contributed by atoms with van der Waals surface area (Å²) in [7, 11) is 0. The van der Waals surface area contributed by atoms with Crippen LogP contribution in [-0.4, -0.2) is 6.10 Å². The van der Waals surface area contributed by atoms with E-state index >= 15 is 0 Å². The lowest BCUT2D eigenvalue weighted by Gasteiger charge is -2.35. The molecular weight excluding hydrogens is 240 g/mol. The van der Waals surface area contributed by atoms with Gasteiger partial charge in [0.25, 0.3) is 0 Å². The summed E-state index contributed by atoms with van der Waals surface area (Å²) >= 11 is 3.23. The predicted octanol–water partition coefficient (Wildman–Crippen LogP) is 4.33. The summed E-state index contributed by atoms with van der Waals surface area (Å²) in [4.78, 5) is 1.79. The average Bonchev–Trinajstić information content (AvgIpc) is 2.16. The number of hydrogen-bond donors (Lipinski definition) is 0. The smallest absolute Gasteiger partial charge is 0.101 e. The molecule has 1 aliphatic rings. The van der Waals surface area contributed by atoms with E-state index in [9.17, 15) is 0 Å². The predicted molar refractivity (Wildman–Crippen MR) is 64.3 cm³/mol. The van der Waals surface area contributed by atoms with E-state index in [1.54, 1.807) is 11.2 Å². The third kappa shape index (κ3) is 3.30. The van der Waals surface area contributed by atoms with Gasteiger partial charge in [0.15, 0.2) is 0 Å². The molecule has 0 amide bonds. The fraction of sp³-hybridized carbons (Fsp3) is 0.833. The molecule has 0 N–H and O–H groups in total. The molecule has 1 saturated carbocycles. The van der Waals surface area contributed by atoms with Crippen LogP contribution in [0.15, 0.2) is 11.2 Å². The molecule has 1 rings (SSSR count). The van der Waals surface area contributed by atoms with Crippen molar-refractivity contribution in [3.63, 3.8) is 0 Å². The van der Waals surface area contributed by atoms with Gasteiger partial charge in [-0.2, -0.15) is 0 Å². The second-order valence-electron chi connectivity index (χ2n) is 4.73. The van der Waals surface area contributed by atoms with Crippen molar-refractivity contribution in [2.45, 2.75) is 46.1 Å². The zero-order valence-corrected chi connectivity index (χ0v) is 11.0. The Morgan fingerprint density at radius 3 is 2.64 bits per heavy atom. The molecule has 0 aromatic heterocycles. The van der Waals surface area contributed by atoms with Crippen LogP contribution in [0.3, 0.4) is 0 Å². The third-order valence-corrected chi connectivity index (χ3v) is 3.63. The van der Waals surface area contributed by atoms with Crippen molar-refractivity contribution in [3.05, 3.63) is 11.2 Å². The van der Waals surface area contributed by atoms with Crippen LogP contribution >= 0.6 is 15.9 Å². The molecule has 14 heavy (non-hydrogen) atoms. The molecule has 3 atom stereocenters. The monoisotopic (exact) mass is 260 g/mol. The van der Waals surface area contributed by atoms with Crippen molar-refractivity contribution in [2.24, 2.45) is 17.8 Å². The highest BCUT2D eigenvalue weighted by atomic mass is 79.9. The fourth-order valence-corrected chi connectivity index (χ4v) is 2.36. The Morgan fingerprint density at radius 1 is 1.36 bits per heavy atom. The van der Waals surface area contributed by atoms with E-state index in [1.165, 1.54) is 19.3 Å². The minimum atomic E-state index is 0.421. The van der Waals surface area contributed by atoms with Gasteiger partial charge in [0.05, 0.1) is 6.26 Å². The van der Waals surface area contributed by atoms with Crippen molar-refractivity contribution in [1.82, 2.24) is 0 Å². The van der Waals surface area contributed by atoms with Crippen molar-refractivity contribution < 1.29 is 4.74 Å². The van der Waals surface area contributed by atoms with Crippen LogP contribution in [0.2, 0.25) is 0 Å². The van der Waals surface area contributed by atoms with Crippen LogP contribution < -0.4 is 0 Å². The van der Waals surface area contributed by atoms with Crippen LogP contribution in [0, 0.1) is 17.8 Å². The van der Waals surface area contributed by atoms with E-state index in [0.29, 0.717) is 12.0 Å². The summed E-state index contributed by atoms with van der Waals surface area (Å²) in [5.41, 5.74) is 0. The highest BCUT2D eigenvalue weighted by molar-refractivity contribution is 9.11. The average molecular weight is 261 g/mol. The number of halogens is 1. The molecule has 0 unspecified atom stereocenters. The number of ether oxygens (including phenoxy) is 1.